The molecule has 2 N–H and O–H groups in total. The molecule has 0 amide bonds. The molecule has 3 atom stereocenters. The van der Waals surface area contributed by atoms with Crippen LogP contribution in [-0.2, 0) is 4.79 Å². The minimum atomic E-state index is -0.812. The van der Waals surface area contributed by atoms with Gasteiger partial charge in [0, 0.05) is 26.1 Å². The summed E-state index contributed by atoms with van der Waals surface area (Å²) in [6, 6.07) is 13.6. The SMILES string of the molecule is CC(C(=O)O)C(Nc1ccc(N(C)C)nc1)C(C)c1ccccc1. The molecule has 2 rings (SSSR count). The predicted molar refractivity (Wildman–Crippen MR) is 97.6 cm³/mol. The molecule has 3 unspecified atom stereocenters. The number of anilines is 2. The summed E-state index contributed by atoms with van der Waals surface area (Å²) >= 11 is 0. The fourth-order valence-corrected chi connectivity index (χ4v) is 2.73. The highest BCUT2D eigenvalue weighted by Crippen LogP contribution is 2.27. The number of hydrogen-bond donors (Lipinski definition) is 2. The molecule has 0 aliphatic rings. The number of pyridine rings is 1. The lowest BCUT2D eigenvalue weighted by molar-refractivity contribution is -0.141. The smallest absolute Gasteiger partial charge is 0.308 e. The van der Waals surface area contributed by atoms with Gasteiger partial charge in [-0.3, -0.25) is 4.79 Å². The average Bonchev–Trinajstić information content (AvgIpc) is 2.59. The molecule has 0 saturated carbocycles. The van der Waals surface area contributed by atoms with Gasteiger partial charge in [0.1, 0.15) is 5.82 Å². The number of aromatic nitrogens is 1. The molecule has 0 aliphatic heterocycles. The van der Waals surface area contributed by atoms with E-state index in [4.69, 9.17) is 0 Å². The number of carboxylic acids is 1. The number of nitrogens with one attached hydrogen (secondary N) is 1. The van der Waals surface area contributed by atoms with E-state index in [-0.39, 0.29) is 12.0 Å². The maximum absolute atomic E-state index is 11.5. The summed E-state index contributed by atoms with van der Waals surface area (Å²) in [4.78, 5) is 17.9. The van der Waals surface area contributed by atoms with E-state index in [1.165, 1.54) is 0 Å². The zero-order chi connectivity index (χ0) is 17.7. The molecule has 0 bridgehead atoms. The number of hydrogen-bond acceptors (Lipinski definition) is 4. The molecule has 2 aromatic rings. The summed E-state index contributed by atoms with van der Waals surface area (Å²) in [5.41, 5.74) is 1.93. The lowest BCUT2D eigenvalue weighted by atomic mass is 9.85. The van der Waals surface area contributed by atoms with E-state index in [9.17, 15) is 9.90 Å². The number of nitrogens with zero attached hydrogens (tertiary/aromatic N) is 2. The van der Waals surface area contributed by atoms with Crippen molar-refractivity contribution in [1.82, 2.24) is 4.98 Å². The molecule has 128 valence electrons. The zero-order valence-corrected chi connectivity index (χ0v) is 14.6. The third kappa shape index (κ3) is 4.25. The molecule has 5 nitrogen and oxygen atoms in total. The highest BCUT2D eigenvalue weighted by atomic mass is 16.4. The Morgan fingerprint density at radius 1 is 1.12 bits per heavy atom. The Hall–Kier alpha value is -2.56. The molecular formula is C19H25N3O2. The van der Waals surface area contributed by atoms with Gasteiger partial charge in [0.25, 0.3) is 0 Å². The molecule has 1 aromatic carbocycles. The van der Waals surface area contributed by atoms with Crippen LogP contribution in [-0.4, -0.2) is 36.2 Å². The minimum absolute atomic E-state index is 0.0471. The summed E-state index contributed by atoms with van der Waals surface area (Å²) in [5.74, 6) is -0.438. The van der Waals surface area contributed by atoms with E-state index in [0.717, 1.165) is 17.1 Å². The summed E-state index contributed by atoms with van der Waals surface area (Å²) in [7, 11) is 3.87. The average molecular weight is 327 g/mol. The highest BCUT2D eigenvalue weighted by Gasteiger charge is 2.29. The van der Waals surface area contributed by atoms with E-state index in [2.05, 4.69) is 10.3 Å². The minimum Gasteiger partial charge on any atom is -0.481 e. The number of carboxylic acid groups (broad SMARTS) is 1. The zero-order valence-electron chi connectivity index (χ0n) is 14.6. The third-order valence-electron chi connectivity index (χ3n) is 4.33. The van der Waals surface area contributed by atoms with E-state index in [1.807, 2.05) is 68.4 Å². The molecule has 5 heteroatoms. The van der Waals surface area contributed by atoms with E-state index >= 15 is 0 Å². The van der Waals surface area contributed by atoms with Crippen molar-refractivity contribution >= 4 is 17.5 Å². The molecule has 1 heterocycles. The lowest BCUT2D eigenvalue weighted by Crippen LogP contribution is -2.37. The number of benzene rings is 1. The van der Waals surface area contributed by atoms with Crippen molar-refractivity contribution in [1.29, 1.82) is 0 Å². The van der Waals surface area contributed by atoms with Crippen LogP contribution >= 0.6 is 0 Å². The molecule has 0 aliphatic carbocycles. The van der Waals surface area contributed by atoms with Crippen LogP contribution in [0.2, 0.25) is 0 Å². The first-order chi connectivity index (χ1) is 11.4. The Labute approximate surface area is 143 Å². The van der Waals surface area contributed by atoms with Gasteiger partial charge in [-0.15, -0.1) is 0 Å². The second-order valence-electron chi connectivity index (χ2n) is 6.30. The molecular weight excluding hydrogens is 302 g/mol. The van der Waals surface area contributed by atoms with Crippen molar-refractivity contribution in [2.45, 2.75) is 25.8 Å². The topological polar surface area (TPSA) is 65.5 Å². The monoisotopic (exact) mass is 327 g/mol. The molecule has 0 fully saturated rings. The Bertz CT molecular complexity index is 656. The first-order valence-electron chi connectivity index (χ1n) is 8.08. The van der Waals surface area contributed by atoms with Gasteiger partial charge in [0.05, 0.1) is 17.8 Å². The largest absolute Gasteiger partial charge is 0.481 e. The van der Waals surface area contributed by atoms with Crippen LogP contribution in [0.15, 0.2) is 48.7 Å². The van der Waals surface area contributed by atoms with Crippen LogP contribution in [0.3, 0.4) is 0 Å². The fraction of sp³-hybridized carbons (Fsp3) is 0.368. The van der Waals surface area contributed by atoms with Gasteiger partial charge in [0.2, 0.25) is 0 Å². The number of aliphatic carboxylic acids is 1. The molecule has 0 radical (unpaired) electrons. The first-order valence-corrected chi connectivity index (χ1v) is 8.08. The van der Waals surface area contributed by atoms with Gasteiger partial charge in [-0.05, 0) is 24.6 Å². The fourth-order valence-electron chi connectivity index (χ4n) is 2.73. The van der Waals surface area contributed by atoms with Crippen LogP contribution in [0, 0.1) is 5.92 Å². The molecule has 0 saturated heterocycles. The van der Waals surface area contributed by atoms with Crippen molar-refractivity contribution in [3.8, 4) is 0 Å². The third-order valence-corrected chi connectivity index (χ3v) is 4.33. The van der Waals surface area contributed by atoms with Crippen molar-refractivity contribution in [2.75, 3.05) is 24.3 Å². The normalized spacial score (nSPS) is 14.5. The van der Waals surface area contributed by atoms with Crippen LogP contribution in [0.4, 0.5) is 11.5 Å². The van der Waals surface area contributed by atoms with Gasteiger partial charge in [-0.2, -0.15) is 0 Å². The standard InChI is InChI=1S/C19H25N3O2/c1-13(15-8-6-5-7-9-15)18(14(2)19(23)24)21-16-10-11-17(20-12-16)22(3)4/h5-14,18,21H,1-4H3,(H,23,24). The van der Waals surface area contributed by atoms with Crippen LogP contribution in [0.1, 0.15) is 25.3 Å². The van der Waals surface area contributed by atoms with Gasteiger partial charge in [0.15, 0.2) is 0 Å². The molecule has 24 heavy (non-hydrogen) atoms. The Kier molecular flexibility index (Phi) is 5.79. The molecule has 1 aromatic heterocycles. The quantitative estimate of drug-likeness (QED) is 0.815. The Morgan fingerprint density at radius 3 is 2.29 bits per heavy atom. The van der Waals surface area contributed by atoms with Gasteiger partial charge in [-0.1, -0.05) is 37.3 Å². The maximum Gasteiger partial charge on any atom is 0.308 e. The first kappa shape index (κ1) is 17.8. The predicted octanol–water partition coefficient (Wildman–Crippen LogP) is 3.45. The maximum atomic E-state index is 11.5. The summed E-state index contributed by atoms with van der Waals surface area (Å²) < 4.78 is 0. The van der Waals surface area contributed by atoms with E-state index in [1.54, 1.807) is 13.1 Å². The van der Waals surface area contributed by atoms with E-state index < -0.39 is 11.9 Å². The summed E-state index contributed by atoms with van der Waals surface area (Å²) in [5, 5.41) is 12.8. The lowest BCUT2D eigenvalue weighted by Gasteiger charge is -2.29. The van der Waals surface area contributed by atoms with E-state index in [0.29, 0.717) is 0 Å². The number of rotatable bonds is 7. The van der Waals surface area contributed by atoms with Crippen molar-refractivity contribution < 1.29 is 9.90 Å². The Morgan fingerprint density at radius 2 is 1.79 bits per heavy atom. The molecule has 0 spiro atoms. The summed E-state index contributed by atoms with van der Waals surface area (Å²) in [6.07, 6.45) is 1.74. The van der Waals surface area contributed by atoms with Crippen LogP contribution in [0.25, 0.3) is 0 Å². The van der Waals surface area contributed by atoms with Gasteiger partial charge in [-0.25, -0.2) is 4.98 Å². The van der Waals surface area contributed by atoms with Gasteiger partial charge >= 0.3 is 5.97 Å². The van der Waals surface area contributed by atoms with Gasteiger partial charge < -0.3 is 15.3 Å². The Balaban J connectivity index is 2.24. The number of carbonyl (C=O) groups is 1. The van der Waals surface area contributed by atoms with Crippen molar-refractivity contribution in [2.24, 2.45) is 5.92 Å². The highest BCUT2D eigenvalue weighted by molar-refractivity contribution is 5.71. The van der Waals surface area contributed by atoms with Crippen LogP contribution in [0.5, 0.6) is 0 Å². The van der Waals surface area contributed by atoms with Crippen molar-refractivity contribution in [3.63, 3.8) is 0 Å². The second-order valence-corrected chi connectivity index (χ2v) is 6.30. The summed E-state index contributed by atoms with van der Waals surface area (Å²) in [6.45, 7) is 3.79. The van der Waals surface area contributed by atoms with Crippen molar-refractivity contribution in [3.05, 3.63) is 54.2 Å². The second kappa shape index (κ2) is 7.81. The van der Waals surface area contributed by atoms with Crippen LogP contribution < -0.4 is 10.2 Å².